The third-order valence-electron chi connectivity index (χ3n) is 4.59. The molecule has 19 heavy (non-hydrogen) atoms. The van der Waals surface area contributed by atoms with Gasteiger partial charge in [-0.3, -0.25) is 0 Å². The number of nitrogens with zero attached hydrogens (tertiary/aromatic N) is 3. The molecule has 6 heteroatoms. The van der Waals surface area contributed by atoms with Crippen LogP contribution in [0.3, 0.4) is 0 Å². The average Bonchev–Trinajstić information content (AvgIpc) is 3.01. The minimum absolute atomic E-state index is 0.00473. The summed E-state index contributed by atoms with van der Waals surface area (Å²) in [6, 6.07) is 3.82. The third kappa shape index (κ3) is 1.66. The van der Waals surface area contributed by atoms with E-state index >= 15 is 0 Å². The van der Waals surface area contributed by atoms with Crippen molar-refractivity contribution in [1.29, 1.82) is 0 Å². The fraction of sp³-hybridized carbons (Fsp3) is 0.538. The lowest BCUT2D eigenvalue weighted by Gasteiger charge is -2.28. The zero-order chi connectivity index (χ0) is 13.1. The van der Waals surface area contributed by atoms with Gasteiger partial charge in [0.2, 0.25) is 0 Å². The van der Waals surface area contributed by atoms with Gasteiger partial charge in [-0.05, 0) is 44.2 Å². The Hall–Kier alpha value is -1.56. The molecule has 0 atom stereocenters. The molecule has 2 aliphatic carbocycles. The van der Waals surface area contributed by atoms with Gasteiger partial charge in [-0.25, -0.2) is 9.50 Å². The van der Waals surface area contributed by atoms with Crippen LogP contribution in [0.1, 0.15) is 32.1 Å². The van der Waals surface area contributed by atoms with Crippen molar-refractivity contribution in [3.8, 4) is 0 Å². The quantitative estimate of drug-likeness (QED) is 0.761. The summed E-state index contributed by atoms with van der Waals surface area (Å²) >= 11 is 0. The molecule has 0 unspecified atom stereocenters. The molecule has 0 amide bonds. The number of hydrogen-bond acceptors (Lipinski definition) is 4. The summed E-state index contributed by atoms with van der Waals surface area (Å²) < 4.78 is 1.63. The van der Waals surface area contributed by atoms with Crippen molar-refractivity contribution in [2.45, 2.75) is 43.2 Å². The van der Waals surface area contributed by atoms with E-state index in [1.165, 1.54) is 0 Å². The first-order chi connectivity index (χ1) is 9.08. The largest absolute Gasteiger partial charge is 0.390 e. The van der Waals surface area contributed by atoms with Gasteiger partial charge in [-0.2, -0.15) is 0 Å². The second-order valence-corrected chi connectivity index (χ2v) is 5.98. The van der Waals surface area contributed by atoms with E-state index in [0.29, 0.717) is 5.59 Å². The van der Waals surface area contributed by atoms with Gasteiger partial charge in [-0.1, -0.05) is 0 Å². The monoisotopic (exact) mass is 254 g/mol. The van der Waals surface area contributed by atoms with Gasteiger partial charge in [0.05, 0.1) is 5.60 Å². The molecular formula is C13H15BN4O. The van der Waals surface area contributed by atoms with Gasteiger partial charge >= 0.3 is 0 Å². The Morgan fingerprint density at radius 2 is 2.05 bits per heavy atom. The maximum absolute atomic E-state index is 10.3. The molecule has 96 valence electrons. The molecule has 0 aromatic carbocycles. The maximum atomic E-state index is 10.3. The van der Waals surface area contributed by atoms with E-state index in [9.17, 15) is 5.11 Å². The number of rotatable bonds is 2. The standard InChI is InChI=1S/C13H15BN4O/c14-9-7-15-11-2-1-10(17-18(9)11)16-12-3-5-13(19,8-12)6-4-12/h1-2,7,19H,3-6,8H2,(H,16,17). The fourth-order valence-electron chi connectivity index (χ4n) is 3.58. The van der Waals surface area contributed by atoms with Crippen molar-refractivity contribution in [3.63, 3.8) is 0 Å². The second kappa shape index (κ2) is 3.51. The normalized spacial score (nSPS) is 33.1. The van der Waals surface area contributed by atoms with E-state index in [0.717, 1.165) is 43.6 Å². The second-order valence-electron chi connectivity index (χ2n) is 5.98. The van der Waals surface area contributed by atoms with Crippen LogP contribution < -0.4 is 10.9 Å². The molecule has 5 nitrogen and oxygen atoms in total. The van der Waals surface area contributed by atoms with Crippen LogP contribution in [0.4, 0.5) is 5.82 Å². The summed E-state index contributed by atoms with van der Waals surface area (Å²) in [5, 5.41) is 18.2. The highest BCUT2D eigenvalue weighted by molar-refractivity contribution is 6.30. The number of imidazole rings is 1. The van der Waals surface area contributed by atoms with Crippen LogP contribution in [0.2, 0.25) is 0 Å². The molecule has 2 fully saturated rings. The summed E-state index contributed by atoms with van der Waals surface area (Å²) in [5.74, 6) is 0.795. The number of aliphatic hydroxyl groups is 1. The molecule has 2 saturated carbocycles. The van der Waals surface area contributed by atoms with E-state index in [-0.39, 0.29) is 5.54 Å². The van der Waals surface area contributed by atoms with E-state index in [1.54, 1.807) is 10.7 Å². The van der Waals surface area contributed by atoms with Gasteiger partial charge in [0, 0.05) is 17.3 Å². The van der Waals surface area contributed by atoms with Crippen LogP contribution in [0.15, 0.2) is 18.3 Å². The van der Waals surface area contributed by atoms with Crippen LogP contribution in [-0.4, -0.2) is 38.7 Å². The Balaban J connectivity index is 1.67. The van der Waals surface area contributed by atoms with E-state index < -0.39 is 5.60 Å². The lowest BCUT2D eigenvalue weighted by molar-refractivity contribution is 0.0521. The summed E-state index contributed by atoms with van der Waals surface area (Å²) in [6.07, 6.45) is 6.20. The molecule has 0 aliphatic heterocycles. The zero-order valence-corrected chi connectivity index (χ0v) is 10.6. The molecule has 2 bridgehead atoms. The Kier molecular flexibility index (Phi) is 2.08. The molecule has 2 aliphatic rings. The molecule has 0 spiro atoms. The van der Waals surface area contributed by atoms with Crippen LogP contribution >= 0.6 is 0 Å². The molecule has 2 N–H and O–H groups in total. The van der Waals surface area contributed by atoms with E-state index in [1.807, 2.05) is 12.1 Å². The minimum Gasteiger partial charge on any atom is -0.390 e. The van der Waals surface area contributed by atoms with Crippen LogP contribution in [0.25, 0.3) is 5.65 Å². The Bertz CT molecular complexity index is 645. The highest BCUT2D eigenvalue weighted by Crippen LogP contribution is 2.51. The Morgan fingerprint density at radius 3 is 2.74 bits per heavy atom. The lowest BCUT2D eigenvalue weighted by atomic mass is 9.93. The van der Waals surface area contributed by atoms with Gasteiger partial charge < -0.3 is 10.4 Å². The van der Waals surface area contributed by atoms with Crippen LogP contribution in [-0.2, 0) is 0 Å². The maximum Gasteiger partial charge on any atom is 0.152 e. The van der Waals surface area contributed by atoms with Crippen molar-refractivity contribution < 1.29 is 5.11 Å². The lowest BCUT2D eigenvalue weighted by Crippen LogP contribution is -2.33. The predicted octanol–water partition coefficient (Wildman–Crippen LogP) is 0.383. The molecule has 4 rings (SSSR count). The molecule has 2 aromatic heterocycles. The number of fused-ring (bicyclic) bond motifs is 3. The third-order valence-corrected chi connectivity index (χ3v) is 4.59. The molecule has 0 saturated heterocycles. The summed E-state index contributed by atoms with van der Waals surface area (Å²) in [7, 11) is 5.82. The highest BCUT2D eigenvalue weighted by Gasteiger charge is 2.53. The number of hydrogen-bond donors (Lipinski definition) is 2. The fourth-order valence-corrected chi connectivity index (χ4v) is 3.58. The van der Waals surface area contributed by atoms with Gasteiger partial charge in [0.1, 0.15) is 13.7 Å². The molecule has 2 radical (unpaired) electrons. The summed E-state index contributed by atoms with van der Waals surface area (Å²) in [6.45, 7) is 0. The first-order valence-electron chi connectivity index (χ1n) is 6.69. The summed E-state index contributed by atoms with van der Waals surface area (Å²) in [4.78, 5) is 4.16. The number of anilines is 1. The van der Waals surface area contributed by atoms with E-state index in [4.69, 9.17) is 7.85 Å². The van der Waals surface area contributed by atoms with E-state index in [2.05, 4.69) is 15.4 Å². The summed E-state index contributed by atoms with van der Waals surface area (Å²) in [5.41, 5.74) is 0.830. The van der Waals surface area contributed by atoms with Crippen molar-refractivity contribution in [2.75, 3.05) is 5.32 Å². The molecule has 2 heterocycles. The Labute approximate surface area is 112 Å². The van der Waals surface area contributed by atoms with Crippen molar-refractivity contribution in [1.82, 2.24) is 14.6 Å². The first-order valence-corrected chi connectivity index (χ1v) is 6.69. The zero-order valence-electron chi connectivity index (χ0n) is 10.6. The SMILES string of the molecule is [B]c1cnc2ccc(NC34CCC(O)(CC3)C4)nn12. The van der Waals surface area contributed by atoms with Crippen molar-refractivity contribution >= 4 is 24.9 Å². The van der Waals surface area contributed by atoms with Crippen molar-refractivity contribution in [2.24, 2.45) is 0 Å². The first kappa shape index (κ1) is 11.3. The van der Waals surface area contributed by atoms with Crippen LogP contribution in [0.5, 0.6) is 0 Å². The van der Waals surface area contributed by atoms with Gasteiger partial charge in [-0.15, -0.1) is 5.10 Å². The topological polar surface area (TPSA) is 62.5 Å². The smallest absolute Gasteiger partial charge is 0.152 e. The number of aromatic nitrogens is 3. The van der Waals surface area contributed by atoms with Gasteiger partial charge in [0.15, 0.2) is 5.65 Å². The Morgan fingerprint density at radius 1 is 1.26 bits per heavy atom. The van der Waals surface area contributed by atoms with Crippen LogP contribution in [0, 0.1) is 0 Å². The minimum atomic E-state index is -0.453. The predicted molar refractivity (Wildman–Crippen MR) is 72.8 cm³/mol. The average molecular weight is 254 g/mol. The molecule has 2 aromatic rings. The molecular weight excluding hydrogens is 239 g/mol. The highest BCUT2D eigenvalue weighted by atomic mass is 16.3. The van der Waals surface area contributed by atoms with Crippen molar-refractivity contribution in [3.05, 3.63) is 18.3 Å². The number of nitrogens with one attached hydrogen (secondary N) is 1. The van der Waals surface area contributed by atoms with Gasteiger partial charge in [0.25, 0.3) is 0 Å².